The molecule has 5 nitrogen and oxygen atoms in total. The van der Waals surface area contributed by atoms with Crippen LogP contribution in [-0.2, 0) is 21.0 Å². The molecule has 1 aromatic rings. The molecule has 33 heavy (non-hydrogen) atoms. The second-order valence-corrected chi connectivity index (χ2v) is 11.5. The molecule has 3 fully saturated rings. The van der Waals surface area contributed by atoms with Gasteiger partial charge in [-0.1, -0.05) is 19.3 Å². The molecule has 1 saturated heterocycles. The summed E-state index contributed by atoms with van der Waals surface area (Å²) in [4.78, 5) is 15.2. The lowest BCUT2D eigenvalue weighted by atomic mass is 9.81. The molecule has 3 aliphatic rings. The molecule has 1 N–H and O–H groups in total. The molecule has 4 rings (SSSR count). The maximum Gasteiger partial charge on any atom is 0.416 e. The van der Waals surface area contributed by atoms with E-state index >= 15 is 0 Å². The summed E-state index contributed by atoms with van der Waals surface area (Å²) >= 11 is 0. The second kappa shape index (κ2) is 9.94. The van der Waals surface area contributed by atoms with Gasteiger partial charge in [0.05, 0.1) is 10.5 Å². The molecule has 0 spiro atoms. The van der Waals surface area contributed by atoms with Crippen LogP contribution in [0.4, 0.5) is 13.2 Å². The van der Waals surface area contributed by atoms with Crippen molar-refractivity contribution in [3.8, 4) is 0 Å². The molecular formula is C24H33F3N2O3S. The highest BCUT2D eigenvalue weighted by Gasteiger charge is 2.39. The Hall–Kier alpha value is -1.61. The average Bonchev–Trinajstić information content (AvgIpc) is 3.29. The summed E-state index contributed by atoms with van der Waals surface area (Å²) in [5.41, 5.74) is -0.881. The van der Waals surface area contributed by atoms with E-state index in [1.807, 2.05) is 0 Å². The number of hydrogen-bond donors (Lipinski definition) is 1. The summed E-state index contributed by atoms with van der Waals surface area (Å²) < 4.78 is 66.1. The molecule has 2 aliphatic carbocycles. The monoisotopic (exact) mass is 486 g/mol. The summed E-state index contributed by atoms with van der Waals surface area (Å²) in [6.07, 6.45) is 6.26. The molecule has 1 heterocycles. The minimum Gasteiger partial charge on any atom is -0.339 e. The Balaban J connectivity index is 1.31. The fourth-order valence-electron chi connectivity index (χ4n) is 5.88. The molecule has 0 bridgehead atoms. The van der Waals surface area contributed by atoms with Gasteiger partial charge >= 0.3 is 6.18 Å². The number of alkyl halides is 3. The Labute approximate surface area is 194 Å². The van der Waals surface area contributed by atoms with Crippen LogP contribution in [0.3, 0.4) is 0 Å². The van der Waals surface area contributed by atoms with Crippen LogP contribution in [0.2, 0.25) is 0 Å². The second-order valence-electron chi connectivity index (χ2n) is 9.83. The predicted molar refractivity (Wildman–Crippen MR) is 119 cm³/mol. The van der Waals surface area contributed by atoms with Crippen molar-refractivity contribution in [3.05, 3.63) is 29.8 Å². The fourth-order valence-corrected chi connectivity index (χ4v) is 7.18. The third-order valence-electron chi connectivity index (χ3n) is 7.67. The maximum absolute atomic E-state index is 13.3. The van der Waals surface area contributed by atoms with E-state index in [9.17, 15) is 26.4 Å². The lowest BCUT2D eigenvalue weighted by Gasteiger charge is -2.37. The normalized spacial score (nSPS) is 27.6. The van der Waals surface area contributed by atoms with Gasteiger partial charge in [-0.05, 0) is 81.5 Å². The van der Waals surface area contributed by atoms with Gasteiger partial charge in [-0.15, -0.1) is 0 Å². The summed E-state index contributed by atoms with van der Waals surface area (Å²) in [6.45, 7) is 0.834. The number of carbonyl (C=O) groups excluding carboxylic acids is 1. The number of likely N-dealkylation sites (tertiary alicyclic amines) is 1. The molecule has 1 amide bonds. The number of carbonyl (C=O) groups is 1. The average molecular weight is 487 g/mol. The Morgan fingerprint density at radius 3 is 2.12 bits per heavy atom. The number of nitrogens with one attached hydrogen (secondary N) is 1. The number of nitrogens with zero attached hydrogens (tertiary/aromatic N) is 1. The molecule has 1 unspecified atom stereocenters. The van der Waals surface area contributed by atoms with Gasteiger partial charge in [0.1, 0.15) is 0 Å². The molecule has 1 aliphatic heterocycles. The van der Waals surface area contributed by atoms with Gasteiger partial charge in [-0.3, -0.25) is 4.79 Å². The Bertz CT molecular complexity index is 919. The van der Waals surface area contributed by atoms with Crippen molar-refractivity contribution >= 4 is 15.9 Å². The molecule has 0 aromatic heterocycles. The molecule has 9 heteroatoms. The zero-order valence-electron chi connectivity index (χ0n) is 18.8. The van der Waals surface area contributed by atoms with Gasteiger partial charge in [-0.2, -0.15) is 13.2 Å². The highest BCUT2D eigenvalue weighted by molar-refractivity contribution is 7.89. The number of amides is 1. The zero-order valence-corrected chi connectivity index (χ0v) is 19.6. The molecule has 0 radical (unpaired) electrons. The summed E-state index contributed by atoms with van der Waals surface area (Å²) in [6, 6.07) is 3.59. The van der Waals surface area contributed by atoms with Gasteiger partial charge in [0, 0.05) is 24.5 Å². The van der Waals surface area contributed by atoms with Crippen molar-refractivity contribution < 1.29 is 26.4 Å². The Morgan fingerprint density at radius 1 is 0.879 bits per heavy atom. The van der Waals surface area contributed by atoms with Crippen LogP contribution >= 0.6 is 0 Å². The number of hydrogen-bond acceptors (Lipinski definition) is 3. The smallest absolute Gasteiger partial charge is 0.339 e. The molecular weight excluding hydrogens is 453 g/mol. The van der Waals surface area contributed by atoms with E-state index in [2.05, 4.69) is 9.62 Å². The molecule has 1 atom stereocenters. The zero-order chi connectivity index (χ0) is 23.6. The quantitative estimate of drug-likeness (QED) is 0.629. The van der Waals surface area contributed by atoms with E-state index in [-0.39, 0.29) is 22.8 Å². The first kappa shape index (κ1) is 24.5. The standard InChI is InChI=1S/C24H33F3N2O3S/c25-24(26,27)19-10-14-21(15-11-19)33(31,32)28-20-12-8-18(9-13-20)23(30)29-16-4-7-22(29)17-5-2-1-3-6-17/h10-11,14-15,17-18,20,22,28H,1-9,12-13,16H2. The fraction of sp³-hybridized carbons (Fsp3) is 0.708. The summed E-state index contributed by atoms with van der Waals surface area (Å²) in [5.74, 6) is 0.783. The first-order valence-electron chi connectivity index (χ1n) is 12.2. The van der Waals surface area contributed by atoms with Crippen LogP contribution < -0.4 is 4.72 Å². The van der Waals surface area contributed by atoms with Crippen LogP contribution in [0.15, 0.2) is 29.2 Å². The summed E-state index contributed by atoms with van der Waals surface area (Å²) in [5, 5.41) is 0. The van der Waals surface area contributed by atoms with E-state index in [1.54, 1.807) is 0 Å². The van der Waals surface area contributed by atoms with E-state index in [1.165, 1.54) is 32.1 Å². The van der Waals surface area contributed by atoms with Crippen LogP contribution in [-0.4, -0.2) is 37.9 Å². The van der Waals surface area contributed by atoms with Crippen LogP contribution in [0.5, 0.6) is 0 Å². The lowest BCUT2D eigenvalue weighted by molar-refractivity contribution is -0.139. The number of halogens is 3. The SMILES string of the molecule is O=C(C1CCC(NS(=O)(=O)c2ccc(C(F)(F)F)cc2)CC1)N1CCCC1C1CCCCC1. The van der Waals surface area contributed by atoms with Crippen molar-refractivity contribution in [2.75, 3.05) is 6.54 Å². The van der Waals surface area contributed by atoms with Gasteiger partial charge in [0.15, 0.2) is 0 Å². The largest absolute Gasteiger partial charge is 0.416 e. The van der Waals surface area contributed by atoms with E-state index < -0.39 is 21.8 Å². The van der Waals surface area contributed by atoms with Crippen molar-refractivity contribution in [3.63, 3.8) is 0 Å². The topological polar surface area (TPSA) is 66.5 Å². The number of benzene rings is 1. The van der Waals surface area contributed by atoms with Crippen LogP contribution in [0.25, 0.3) is 0 Å². The highest BCUT2D eigenvalue weighted by Crippen LogP contribution is 2.37. The highest BCUT2D eigenvalue weighted by atomic mass is 32.2. The van der Waals surface area contributed by atoms with Crippen LogP contribution in [0.1, 0.15) is 76.2 Å². The summed E-state index contributed by atoms with van der Waals surface area (Å²) in [7, 11) is -3.91. The van der Waals surface area contributed by atoms with E-state index in [4.69, 9.17) is 0 Å². The third-order valence-corrected chi connectivity index (χ3v) is 9.20. The number of rotatable bonds is 5. The minimum absolute atomic E-state index is 0.0685. The van der Waals surface area contributed by atoms with Crippen molar-refractivity contribution in [2.24, 2.45) is 11.8 Å². The molecule has 1 aromatic carbocycles. The lowest BCUT2D eigenvalue weighted by Crippen LogP contribution is -2.46. The van der Waals surface area contributed by atoms with E-state index in [0.29, 0.717) is 37.6 Å². The predicted octanol–water partition coefficient (Wildman–Crippen LogP) is 5.11. The van der Waals surface area contributed by atoms with Crippen LogP contribution in [0, 0.1) is 11.8 Å². The van der Waals surface area contributed by atoms with Gasteiger partial charge in [0.25, 0.3) is 0 Å². The first-order valence-corrected chi connectivity index (χ1v) is 13.6. The molecule has 2 saturated carbocycles. The number of sulfonamides is 1. The Morgan fingerprint density at radius 2 is 1.52 bits per heavy atom. The first-order chi connectivity index (χ1) is 15.6. The van der Waals surface area contributed by atoms with Gasteiger partial charge in [0.2, 0.25) is 15.9 Å². The van der Waals surface area contributed by atoms with Crippen molar-refractivity contribution in [2.45, 2.75) is 93.8 Å². The van der Waals surface area contributed by atoms with Crippen molar-refractivity contribution in [1.29, 1.82) is 0 Å². The third kappa shape index (κ3) is 5.73. The van der Waals surface area contributed by atoms with Crippen molar-refractivity contribution in [1.82, 2.24) is 9.62 Å². The van der Waals surface area contributed by atoms with Gasteiger partial charge in [-0.25, -0.2) is 13.1 Å². The van der Waals surface area contributed by atoms with E-state index in [0.717, 1.165) is 43.7 Å². The molecule has 184 valence electrons. The van der Waals surface area contributed by atoms with Gasteiger partial charge < -0.3 is 4.90 Å². The Kier molecular flexibility index (Phi) is 7.38. The minimum atomic E-state index is -4.51. The maximum atomic E-state index is 13.3.